The van der Waals surface area contributed by atoms with E-state index in [1.165, 1.54) is 5.56 Å². The highest BCUT2D eigenvalue weighted by atomic mass is 16.5. The van der Waals surface area contributed by atoms with E-state index < -0.39 is 0 Å². The van der Waals surface area contributed by atoms with Crippen LogP contribution >= 0.6 is 0 Å². The van der Waals surface area contributed by atoms with Gasteiger partial charge in [0, 0.05) is 23.5 Å². The highest BCUT2D eigenvalue weighted by Crippen LogP contribution is 2.29. The predicted octanol–water partition coefficient (Wildman–Crippen LogP) is 4.73. The minimum absolute atomic E-state index is 0.0760. The van der Waals surface area contributed by atoms with E-state index in [9.17, 15) is 9.59 Å². The molecule has 0 fully saturated rings. The second-order valence-electron chi connectivity index (χ2n) is 7.82. The molecule has 2 amide bonds. The summed E-state index contributed by atoms with van der Waals surface area (Å²) in [6.07, 6.45) is 2.07. The average Bonchev–Trinajstić information content (AvgIpc) is 2.84. The maximum absolute atomic E-state index is 12.9. The molecule has 1 aliphatic heterocycles. The molecule has 1 atom stereocenters. The summed E-state index contributed by atoms with van der Waals surface area (Å²) in [5.74, 6) is 0.275. The van der Waals surface area contributed by atoms with Crippen molar-refractivity contribution in [3.8, 4) is 5.75 Å². The number of ether oxygens (including phenoxy) is 1. The van der Waals surface area contributed by atoms with Gasteiger partial charge in [-0.15, -0.1) is 0 Å². The molecule has 0 saturated carbocycles. The van der Waals surface area contributed by atoms with Gasteiger partial charge in [0.15, 0.2) is 0 Å². The monoisotopic (exact) mass is 429 g/mol. The van der Waals surface area contributed by atoms with Gasteiger partial charge >= 0.3 is 0 Å². The fourth-order valence-corrected chi connectivity index (χ4v) is 4.00. The zero-order valence-electron chi connectivity index (χ0n) is 18.3. The van der Waals surface area contributed by atoms with Crippen molar-refractivity contribution >= 4 is 28.9 Å². The van der Waals surface area contributed by atoms with Crippen molar-refractivity contribution in [3.63, 3.8) is 0 Å². The van der Waals surface area contributed by atoms with Crippen molar-refractivity contribution in [3.05, 3.63) is 83.9 Å². The molecule has 2 N–H and O–H groups in total. The lowest BCUT2D eigenvalue weighted by atomic mass is 10.00. The fourth-order valence-electron chi connectivity index (χ4n) is 4.00. The van der Waals surface area contributed by atoms with Crippen LogP contribution in [-0.4, -0.2) is 31.5 Å². The van der Waals surface area contributed by atoms with E-state index in [-0.39, 0.29) is 17.9 Å². The molecule has 1 unspecified atom stereocenters. The van der Waals surface area contributed by atoms with Crippen molar-refractivity contribution in [2.24, 2.45) is 0 Å². The number of hydrogen-bond donors (Lipinski definition) is 2. The molecule has 0 bridgehead atoms. The number of carbonyl (C=O) groups is 2. The number of para-hydroxylation sites is 3. The predicted molar refractivity (Wildman–Crippen MR) is 128 cm³/mol. The summed E-state index contributed by atoms with van der Waals surface area (Å²) in [6.45, 7) is 2.78. The molecule has 1 heterocycles. The Morgan fingerprint density at radius 3 is 2.44 bits per heavy atom. The van der Waals surface area contributed by atoms with Crippen LogP contribution in [-0.2, 0) is 11.2 Å². The molecule has 3 aromatic carbocycles. The summed E-state index contributed by atoms with van der Waals surface area (Å²) < 4.78 is 5.27. The van der Waals surface area contributed by atoms with Gasteiger partial charge in [0.05, 0.1) is 12.8 Å². The van der Waals surface area contributed by atoms with Gasteiger partial charge in [0.25, 0.3) is 5.91 Å². The normalized spacial score (nSPS) is 13.6. The molecule has 4 rings (SSSR count). The maximum Gasteiger partial charge on any atom is 0.255 e. The van der Waals surface area contributed by atoms with E-state index in [2.05, 4.69) is 27.7 Å². The van der Waals surface area contributed by atoms with Crippen LogP contribution in [0, 0.1) is 0 Å². The van der Waals surface area contributed by atoms with E-state index in [1.54, 1.807) is 43.5 Å². The largest absolute Gasteiger partial charge is 0.495 e. The number of nitrogens with zero attached hydrogens (tertiary/aromatic N) is 1. The molecule has 6 heteroatoms. The fraction of sp³-hybridized carbons (Fsp3) is 0.231. The van der Waals surface area contributed by atoms with Gasteiger partial charge in [-0.1, -0.05) is 30.3 Å². The van der Waals surface area contributed by atoms with Gasteiger partial charge in [-0.3, -0.25) is 9.59 Å². The van der Waals surface area contributed by atoms with Gasteiger partial charge < -0.3 is 20.3 Å². The molecule has 32 heavy (non-hydrogen) atoms. The number of methoxy groups -OCH3 is 1. The van der Waals surface area contributed by atoms with Crippen LogP contribution in [0.2, 0.25) is 0 Å². The Morgan fingerprint density at radius 2 is 1.66 bits per heavy atom. The summed E-state index contributed by atoms with van der Waals surface area (Å²) in [5.41, 5.74) is 4.16. The number of rotatable bonds is 6. The summed E-state index contributed by atoms with van der Waals surface area (Å²) in [6, 6.07) is 22.1. The van der Waals surface area contributed by atoms with Gasteiger partial charge in [0.2, 0.25) is 5.91 Å². The lowest BCUT2D eigenvalue weighted by Crippen LogP contribution is -2.44. The lowest BCUT2D eigenvalue weighted by molar-refractivity contribution is -0.117. The Morgan fingerprint density at radius 1 is 0.938 bits per heavy atom. The molecule has 1 aliphatic rings. The second-order valence-corrected chi connectivity index (χ2v) is 7.82. The highest BCUT2D eigenvalue weighted by Gasteiger charge is 2.25. The summed E-state index contributed by atoms with van der Waals surface area (Å²) >= 11 is 0. The maximum atomic E-state index is 12.9. The number of aryl methyl sites for hydroxylation is 1. The van der Waals surface area contributed by atoms with Crippen LogP contribution in [0.1, 0.15) is 29.3 Å². The van der Waals surface area contributed by atoms with Crippen LogP contribution in [0.4, 0.5) is 17.1 Å². The summed E-state index contributed by atoms with van der Waals surface area (Å²) in [5, 5.41) is 5.82. The van der Waals surface area contributed by atoms with Crippen LogP contribution in [0.25, 0.3) is 0 Å². The Labute approximate surface area is 188 Å². The number of hydrogen-bond acceptors (Lipinski definition) is 4. The first-order valence-corrected chi connectivity index (χ1v) is 10.8. The third kappa shape index (κ3) is 4.59. The Kier molecular flexibility index (Phi) is 6.40. The second kappa shape index (κ2) is 9.56. The molecule has 0 radical (unpaired) electrons. The number of benzene rings is 3. The molecular weight excluding hydrogens is 402 g/mol. The zero-order chi connectivity index (χ0) is 22.5. The zero-order valence-corrected chi connectivity index (χ0v) is 18.3. The van der Waals surface area contributed by atoms with Crippen LogP contribution in [0.5, 0.6) is 5.75 Å². The van der Waals surface area contributed by atoms with E-state index in [0.29, 0.717) is 22.7 Å². The quantitative estimate of drug-likeness (QED) is 0.594. The Balaban J connectivity index is 1.40. The van der Waals surface area contributed by atoms with E-state index in [0.717, 1.165) is 25.1 Å². The molecular formula is C26H27N3O3. The highest BCUT2D eigenvalue weighted by molar-refractivity contribution is 6.05. The van der Waals surface area contributed by atoms with Crippen molar-refractivity contribution < 1.29 is 14.3 Å². The SMILES string of the molecule is COc1ccccc1NC(=O)c1ccc(NC(=O)C(C)N2CCCc3ccccc32)cc1. The first-order valence-electron chi connectivity index (χ1n) is 10.8. The Hall–Kier alpha value is -3.80. The van der Waals surface area contributed by atoms with Crippen molar-refractivity contribution in [2.45, 2.75) is 25.8 Å². The first-order chi connectivity index (χ1) is 15.6. The molecule has 0 spiro atoms. The topological polar surface area (TPSA) is 70.7 Å². The smallest absolute Gasteiger partial charge is 0.255 e. The Bertz CT molecular complexity index is 1110. The van der Waals surface area contributed by atoms with E-state index in [1.807, 2.05) is 31.2 Å². The number of fused-ring (bicyclic) bond motifs is 1. The molecule has 0 aliphatic carbocycles. The number of anilines is 3. The van der Waals surface area contributed by atoms with Crippen molar-refractivity contribution in [1.82, 2.24) is 0 Å². The number of amides is 2. The summed E-state index contributed by atoms with van der Waals surface area (Å²) in [4.78, 5) is 27.6. The molecule has 3 aromatic rings. The van der Waals surface area contributed by atoms with Gasteiger partial charge in [-0.2, -0.15) is 0 Å². The van der Waals surface area contributed by atoms with Crippen LogP contribution < -0.4 is 20.3 Å². The minimum Gasteiger partial charge on any atom is -0.495 e. The first kappa shape index (κ1) is 21.4. The van der Waals surface area contributed by atoms with Gasteiger partial charge in [0.1, 0.15) is 11.8 Å². The third-order valence-electron chi connectivity index (χ3n) is 5.76. The van der Waals surface area contributed by atoms with E-state index in [4.69, 9.17) is 4.74 Å². The van der Waals surface area contributed by atoms with Gasteiger partial charge in [-0.05, 0) is 67.8 Å². The standard InChI is InChI=1S/C26H27N3O3/c1-18(29-17-7-9-19-8-3-5-11-23(19)29)25(30)27-21-15-13-20(14-16-21)26(31)28-22-10-4-6-12-24(22)32-2/h3-6,8,10-16,18H,7,9,17H2,1-2H3,(H,27,30)(H,28,31). The summed E-state index contributed by atoms with van der Waals surface area (Å²) in [7, 11) is 1.56. The lowest BCUT2D eigenvalue weighted by Gasteiger charge is -2.35. The third-order valence-corrected chi connectivity index (χ3v) is 5.76. The molecule has 164 valence electrons. The van der Waals surface area contributed by atoms with Crippen LogP contribution in [0.15, 0.2) is 72.8 Å². The molecule has 6 nitrogen and oxygen atoms in total. The van der Waals surface area contributed by atoms with Crippen LogP contribution in [0.3, 0.4) is 0 Å². The minimum atomic E-state index is -0.301. The van der Waals surface area contributed by atoms with E-state index >= 15 is 0 Å². The average molecular weight is 430 g/mol. The van der Waals surface area contributed by atoms with Crippen molar-refractivity contribution in [2.75, 3.05) is 29.2 Å². The van der Waals surface area contributed by atoms with Crippen molar-refractivity contribution in [1.29, 1.82) is 0 Å². The number of nitrogens with one attached hydrogen (secondary N) is 2. The number of carbonyl (C=O) groups excluding carboxylic acids is 2. The molecule has 0 aromatic heterocycles. The molecule has 0 saturated heterocycles. The van der Waals surface area contributed by atoms with Gasteiger partial charge in [-0.25, -0.2) is 0 Å².